The van der Waals surface area contributed by atoms with Crippen molar-refractivity contribution in [2.45, 2.75) is 19.9 Å². The minimum atomic E-state index is 0. The lowest BCUT2D eigenvalue weighted by atomic mass is 10.1. The van der Waals surface area contributed by atoms with E-state index in [0.717, 1.165) is 18.7 Å². The minimum absolute atomic E-state index is 0. The Balaban J connectivity index is 0.00000243. The van der Waals surface area contributed by atoms with Crippen LogP contribution in [0.1, 0.15) is 17.3 Å². The van der Waals surface area contributed by atoms with E-state index in [4.69, 9.17) is 4.52 Å². The van der Waals surface area contributed by atoms with Crippen LogP contribution >= 0.6 is 24.0 Å². The number of benzene rings is 1. The van der Waals surface area contributed by atoms with Crippen LogP contribution in [0.15, 0.2) is 52.2 Å². The maximum Gasteiger partial charge on any atom is 0.223 e. The summed E-state index contributed by atoms with van der Waals surface area (Å²) in [6, 6.07) is 10.3. The highest BCUT2D eigenvalue weighted by molar-refractivity contribution is 14.0. The van der Waals surface area contributed by atoms with Crippen molar-refractivity contribution in [3.05, 3.63) is 60.0 Å². The molecule has 3 rings (SSSR count). The van der Waals surface area contributed by atoms with Gasteiger partial charge in [0.1, 0.15) is 0 Å². The molecule has 2 heterocycles. The van der Waals surface area contributed by atoms with Gasteiger partial charge in [-0.25, -0.2) is 4.68 Å². The smallest absolute Gasteiger partial charge is 0.223 e. The normalized spacial score (nSPS) is 11.1. The van der Waals surface area contributed by atoms with Crippen molar-refractivity contribution in [3.8, 4) is 5.69 Å². The fourth-order valence-electron chi connectivity index (χ4n) is 2.36. The van der Waals surface area contributed by atoms with Gasteiger partial charge in [-0.15, -0.1) is 24.0 Å². The number of hydrogen-bond acceptors (Lipinski definition) is 5. The average Bonchev–Trinajstić information content (AvgIpc) is 3.30. The van der Waals surface area contributed by atoms with Crippen molar-refractivity contribution in [1.29, 1.82) is 0 Å². The summed E-state index contributed by atoms with van der Waals surface area (Å²) in [5.74, 6) is 1.86. The van der Waals surface area contributed by atoms with E-state index in [1.165, 1.54) is 5.56 Å². The molecule has 9 heteroatoms. The van der Waals surface area contributed by atoms with Crippen molar-refractivity contribution >= 4 is 29.9 Å². The van der Waals surface area contributed by atoms with Crippen molar-refractivity contribution in [2.75, 3.05) is 13.6 Å². The summed E-state index contributed by atoms with van der Waals surface area (Å²) in [7, 11) is 1.73. The lowest BCUT2D eigenvalue weighted by Crippen LogP contribution is -2.38. The summed E-state index contributed by atoms with van der Waals surface area (Å²) in [4.78, 5) is 8.33. The van der Waals surface area contributed by atoms with Gasteiger partial charge in [0, 0.05) is 32.9 Å². The van der Waals surface area contributed by atoms with Gasteiger partial charge in [0.2, 0.25) is 5.89 Å². The third kappa shape index (κ3) is 5.55. The second kappa shape index (κ2) is 9.90. The van der Waals surface area contributed by atoms with Gasteiger partial charge in [-0.05, 0) is 30.2 Å². The average molecular weight is 467 g/mol. The Hall–Kier alpha value is -2.43. The number of aromatic nitrogens is 4. The fraction of sp³-hybridized carbons (Fsp3) is 0.294. The topological polar surface area (TPSA) is 93.2 Å². The van der Waals surface area contributed by atoms with Crippen LogP contribution in [0.2, 0.25) is 0 Å². The molecule has 0 unspecified atom stereocenters. The lowest BCUT2D eigenvalue weighted by Gasteiger charge is -2.10. The molecular weight excluding hydrogens is 445 g/mol. The second-order valence-corrected chi connectivity index (χ2v) is 5.45. The molecule has 0 saturated carbocycles. The van der Waals surface area contributed by atoms with Crippen LogP contribution in [0.25, 0.3) is 5.69 Å². The summed E-state index contributed by atoms with van der Waals surface area (Å²) in [5, 5.41) is 14.5. The molecule has 3 aromatic rings. The standard InChI is InChI=1S/C17H21N7O.HI/c1-13-22-16(23-25-13)12-20-17(18-2)19-10-8-14-4-6-15(7-5-14)24-11-3-9-21-24;/h3-7,9,11H,8,10,12H2,1-2H3,(H2,18,19,20);1H. The molecule has 0 aliphatic rings. The van der Waals surface area contributed by atoms with Gasteiger partial charge in [0.15, 0.2) is 11.8 Å². The molecule has 138 valence electrons. The maximum absolute atomic E-state index is 4.94. The van der Waals surface area contributed by atoms with E-state index in [9.17, 15) is 0 Å². The van der Waals surface area contributed by atoms with Crippen LogP contribution in [0.3, 0.4) is 0 Å². The maximum atomic E-state index is 4.94. The van der Waals surface area contributed by atoms with Gasteiger partial charge in [-0.1, -0.05) is 17.3 Å². The third-order valence-corrected chi connectivity index (χ3v) is 3.62. The molecule has 0 radical (unpaired) electrons. The molecule has 2 aromatic heterocycles. The molecule has 1 aromatic carbocycles. The molecule has 0 amide bonds. The summed E-state index contributed by atoms with van der Waals surface area (Å²) < 4.78 is 6.78. The lowest BCUT2D eigenvalue weighted by molar-refractivity contribution is 0.387. The van der Waals surface area contributed by atoms with Gasteiger partial charge < -0.3 is 15.2 Å². The molecule has 2 N–H and O–H groups in total. The molecule has 8 nitrogen and oxygen atoms in total. The summed E-state index contributed by atoms with van der Waals surface area (Å²) in [6.45, 7) is 3.00. The number of nitrogens with one attached hydrogen (secondary N) is 2. The predicted molar refractivity (Wildman–Crippen MR) is 110 cm³/mol. The van der Waals surface area contributed by atoms with Gasteiger partial charge in [0.05, 0.1) is 12.2 Å². The fourth-order valence-corrected chi connectivity index (χ4v) is 2.36. The number of aryl methyl sites for hydroxylation is 1. The molecule has 0 atom stereocenters. The highest BCUT2D eigenvalue weighted by atomic mass is 127. The van der Waals surface area contributed by atoms with Gasteiger partial charge in [-0.3, -0.25) is 4.99 Å². The zero-order valence-electron chi connectivity index (χ0n) is 14.7. The number of halogens is 1. The zero-order valence-corrected chi connectivity index (χ0v) is 17.0. The Morgan fingerprint density at radius 2 is 2.04 bits per heavy atom. The number of rotatable bonds is 6. The molecule has 0 fully saturated rings. The SMILES string of the molecule is CN=C(NCCc1ccc(-n2cccn2)cc1)NCc1noc(C)n1.I. The monoisotopic (exact) mass is 467 g/mol. The van der Waals surface area contributed by atoms with Gasteiger partial charge in [-0.2, -0.15) is 10.1 Å². The molecule has 0 bridgehead atoms. The van der Waals surface area contributed by atoms with Crippen LogP contribution in [0, 0.1) is 6.92 Å². The van der Waals surface area contributed by atoms with E-state index >= 15 is 0 Å². The van der Waals surface area contributed by atoms with Crippen LogP contribution in [0.4, 0.5) is 0 Å². The number of aliphatic imine (C=N–C) groups is 1. The van der Waals surface area contributed by atoms with Crippen LogP contribution < -0.4 is 10.6 Å². The molecule has 26 heavy (non-hydrogen) atoms. The van der Waals surface area contributed by atoms with Crippen molar-refractivity contribution in [1.82, 2.24) is 30.6 Å². The first kappa shape index (κ1) is 19.9. The minimum Gasteiger partial charge on any atom is -0.356 e. The Bertz CT molecular complexity index is 812. The van der Waals surface area contributed by atoms with Gasteiger partial charge in [0.25, 0.3) is 0 Å². The number of nitrogens with zero attached hydrogens (tertiary/aromatic N) is 5. The largest absolute Gasteiger partial charge is 0.356 e. The Labute approximate surface area is 169 Å². The van der Waals surface area contributed by atoms with Gasteiger partial charge >= 0.3 is 0 Å². The van der Waals surface area contributed by atoms with E-state index in [0.29, 0.717) is 24.2 Å². The van der Waals surface area contributed by atoms with E-state index < -0.39 is 0 Å². The summed E-state index contributed by atoms with van der Waals surface area (Å²) in [6.07, 6.45) is 4.59. The first-order chi connectivity index (χ1) is 12.2. The van der Waals surface area contributed by atoms with Crippen LogP contribution in [-0.4, -0.2) is 39.5 Å². The quantitative estimate of drug-likeness (QED) is 0.328. The molecule has 0 spiro atoms. The van der Waals surface area contributed by atoms with E-state index in [1.54, 1.807) is 20.2 Å². The van der Waals surface area contributed by atoms with E-state index in [2.05, 4.69) is 55.1 Å². The Morgan fingerprint density at radius 1 is 1.23 bits per heavy atom. The summed E-state index contributed by atoms with van der Waals surface area (Å²) >= 11 is 0. The molecule has 0 saturated heterocycles. The summed E-state index contributed by atoms with van der Waals surface area (Å²) in [5.41, 5.74) is 2.29. The Morgan fingerprint density at radius 3 is 2.65 bits per heavy atom. The van der Waals surface area contributed by atoms with Crippen molar-refractivity contribution in [3.63, 3.8) is 0 Å². The highest BCUT2D eigenvalue weighted by Gasteiger charge is 2.04. The molecule has 0 aliphatic carbocycles. The number of guanidine groups is 1. The van der Waals surface area contributed by atoms with E-state index in [-0.39, 0.29) is 24.0 Å². The van der Waals surface area contributed by atoms with Crippen molar-refractivity contribution < 1.29 is 4.52 Å². The number of hydrogen-bond donors (Lipinski definition) is 2. The first-order valence-electron chi connectivity index (χ1n) is 8.07. The highest BCUT2D eigenvalue weighted by Crippen LogP contribution is 2.08. The second-order valence-electron chi connectivity index (χ2n) is 5.45. The third-order valence-electron chi connectivity index (χ3n) is 3.62. The van der Waals surface area contributed by atoms with Crippen LogP contribution in [0.5, 0.6) is 0 Å². The first-order valence-corrected chi connectivity index (χ1v) is 8.07. The molecule has 0 aliphatic heterocycles. The van der Waals surface area contributed by atoms with Crippen LogP contribution in [-0.2, 0) is 13.0 Å². The van der Waals surface area contributed by atoms with E-state index in [1.807, 2.05) is 16.9 Å². The Kier molecular flexibility index (Phi) is 7.57. The van der Waals surface area contributed by atoms with Crippen molar-refractivity contribution in [2.24, 2.45) is 4.99 Å². The predicted octanol–water partition coefficient (Wildman–Crippen LogP) is 2.09. The molecular formula is C17H22IN7O. The zero-order chi connectivity index (χ0) is 17.5.